The predicted molar refractivity (Wildman–Crippen MR) is 67.4 cm³/mol. The molecule has 94 valence electrons. The van der Waals surface area contributed by atoms with Gasteiger partial charge in [0.05, 0.1) is 6.04 Å². The first-order valence-corrected chi connectivity index (χ1v) is 6.43. The van der Waals surface area contributed by atoms with E-state index in [1.165, 1.54) is 32.1 Å². The Hall–Kier alpha value is -0.770. The van der Waals surface area contributed by atoms with Gasteiger partial charge in [0.1, 0.15) is 0 Å². The van der Waals surface area contributed by atoms with Gasteiger partial charge in [0.2, 0.25) is 0 Å². The van der Waals surface area contributed by atoms with Gasteiger partial charge in [0, 0.05) is 12.6 Å². The fourth-order valence-corrected chi connectivity index (χ4v) is 2.17. The minimum Gasteiger partial charge on any atom is -0.396 e. The SMILES string of the molecule is CC(CCCO)NC(N)=NC1CCCCC1. The van der Waals surface area contributed by atoms with Crippen LogP contribution in [0.25, 0.3) is 0 Å². The molecular weight excluding hydrogens is 202 g/mol. The zero-order chi connectivity index (χ0) is 11.8. The maximum atomic E-state index is 8.72. The van der Waals surface area contributed by atoms with Crippen molar-refractivity contribution in [1.29, 1.82) is 0 Å². The molecule has 1 fully saturated rings. The first kappa shape index (κ1) is 13.3. The zero-order valence-corrected chi connectivity index (χ0v) is 10.3. The topological polar surface area (TPSA) is 70.6 Å². The minimum atomic E-state index is 0.242. The molecule has 16 heavy (non-hydrogen) atoms. The lowest BCUT2D eigenvalue weighted by atomic mass is 9.96. The van der Waals surface area contributed by atoms with Crippen LogP contribution in [0.1, 0.15) is 51.9 Å². The first-order chi connectivity index (χ1) is 7.72. The number of guanidine groups is 1. The molecule has 0 aromatic rings. The largest absolute Gasteiger partial charge is 0.396 e. The molecule has 0 amide bonds. The normalized spacial score (nSPS) is 20.8. The number of aliphatic imine (C=N–C) groups is 1. The van der Waals surface area contributed by atoms with E-state index >= 15 is 0 Å². The molecule has 4 N–H and O–H groups in total. The molecule has 4 nitrogen and oxygen atoms in total. The highest BCUT2D eigenvalue weighted by Gasteiger charge is 2.12. The summed E-state index contributed by atoms with van der Waals surface area (Å²) in [5.41, 5.74) is 5.85. The molecular formula is C12H25N3O. The van der Waals surface area contributed by atoms with Crippen LogP contribution >= 0.6 is 0 Å². The number of rotatable bonds is 5. The average Bonchev–Trinajstić information content (AvgIpc) is 2.27. The van der Waals surface area contributed by atoms with Gasteiger partial charge < -0.3 is 16.2 Å². The summed E-state index contributed by atoms with van der Waals surface area (Å²) in [6.07, 6.45) is 7.98. The van der Waals surface area contributed by atoms with E-state index in [0.29, 0.717) is 18.0 Å². The highest BCUT2D eigenvalue weighted by molar-refractivity contribution is 5.78. The van der Waals surface area contributed by atoms with E-state index in [0.717, 1.165) is 12.8 Å². The Morgan fingerprint density at radius 2 is 2.12 bits per heavy atom. The van der Waals surface area contributed by atoms with E-state index < -0.39 is 0 Å². The lowest BCUT2D eigenvalue weighted by Crippen LogP contribution is -2.39. The van der Waals surface area contributed by atoms with Crippen molar-refractivity contribution in [3.8, 4) is 0 Å². The van der Waals surface area contributed by atoms with Crippen LogP contribution < -0.4 is 11.1 Å². The molecule has 1 saturated carbocycles. The second-order valence-corrected chi connectivity index (χ2v) is 4.72. The highest BCUT2D eigenvalue weighted by atomic mass is 16.2. The summed E-state index contributed by atoms with van der Waals surface area (Å²) in [5, 5.41) is 11.9. The van der Waals surface area contributed by atoms with Crippen LogP contribution in [0.15, 0.2) is 4.99 Å². The molecule has 4 heteroatoms. The number of nitrogens with one attached hydrogen (secondary N) is 1. The molecule has 1 aliphatic rings. The average molecular weight is 227 g/mol. The standard InChI is InChI=1S/C12H25N3O/c1-10(6-5-9-16)14-12(13)15-11-7-3-2-4-8-11/h10-11,16H,2-9H2,1H3,(H3,13,14,15). The molecule has 0 radical (unpaired) electrons. The van der Waals surface area contributed by atoms with Crippen LogP contribution in [0.5, 0.6) is 0 Å². The van der Waals surface area contributed by atoms with Gasteiger partial charge in [0.15, 0.2) is 5.96 Å². The molecule has 0 spiro atoms. The Bertz CT molecular complexity index is 212. The van der Waals surface area contributed by atoms with Crippen molar-refractivity contribution in [3.05, 3.63) is 0 Å². The summed E-state index contributed by atoms with van der Waals surface area (Å²) < 4.78 is 0. The summed E-state index contributed by atoms with van der Waals surface area (Å²) in [6, 6.07) is 0.714. The van der Waals surface area contributed by atoms with Crippen LogP contribution in [0.4, 0.5) is 0 Å². The fourth-order valence-electron chi connectivity index (χ4n) is 2.17. The van der Waals surface area contributed by atoms with Crippen molar-refractivity contribution >= 4 is 5.96 Å². The Balaban J connectivity index is 2.26. The Morgan fingerprint density at radius 1 is 1.44 bits per heavy atom. The van der Waals surface area contributed by atoms with Gasteiger partial charge in [-0.15, -0.1) is 0 Å². The van der Waals surface area contributed by atoms with E-state index in [1.54, 1.807) is 0 Å². The minimum absolute atomic E-state index is 0.242. The molecule has 0 aromatic heterocycles. The van der Waals surface area contributed by atoms with E-state index in [9.17, 15) is 0 Å². The number of aliphatic hydroxyl groups excluding tert-OH is 1. The fraction of sp³-hybridized carbons (Fsp3) is 0.917. The third-order valence-corrected chi connectivity index (χ3v) is 3.09. The number of hydrogen-bond donors (Lipinski definition) is 3. The molecule has 0 saturated heterocycles. The van der Waals surface area contributed by atoms with Crippen molar-refractivity contribution in [1.82, 2.24) is 5.32 Å². The first-order valence-electron chi connectivity index (χ1n) is 6.43. The Kier molecular flexibility index (Phi) is 6.23. The van der Waals surface area contributed by atoms with Crippen LogP contribution in [0, 0.1) is 0 Å². The van der Waals surface area contributed by atoms with Gasteiger partial charge in [-0.3, -0.25) is 4.99 Å². The Labute approximate surface area is 98.3 Å². The summed E-state index contributed by atoms with van der Waals surface area (Å²) in [7, 11) is 0. The molecule has 0 aliphatic heterocycles. The lowest BCUT2D eigenvalue weighted by molar-refractivity contribution is 0.279. The van der Waals surface area contributed by atoms with Gasteiger partial charge in [-0.25, -0.2) is 0 Å². The highest BCUT2D eigenvalue weighted by Crippen LogP contribution is 2.19. The smallest absolute Gasteiger partial charge is 0.189 e. The molecule has 0 heterocycles. The molecule has 0 aromatic carbocycles. The lowest BCUT2D eigenvalue weighted by Gasteiger charge is -2.20. The summed E-state index contributed by atoms with van der Waals surface area (Å²) >= 11 is 0. The molecule has 1 rings (SSSR count). The molecule has 0 bridgehead atoms. The van der Waals surface area contributed by atoms with E-state index in [-0.39, 0.29) is 6.61 Å². The molecule has 1 unspecified atom stereocenters. The van der Waals surface area contributed by atoms with E-state index in [1.807, 2.05) is 0 Å². The van der Waals surface area contributed by atoms with Gasteiger partial charge in [-0.1, -0.05) is 19.3 Å². The number of nitrogens with zero attached hydrogens (tertiary/aromatic N) is 1. The van der Waals surface area contributed by atoms with E-state index in [4.69, 9.17) is 10.8 Å². The predicted octanol–water partition coefficient (Wildman–Crippen LogP) is 1.38. The third kappa shape index (κ3) is 5.35. The van der Waals surface area contributed by atoms with Crippen molar-refractivity contribution in [3.63, 3.8) is 0 Å². The number of aliphatic hydroxyl groups is 1. The number of hydrogen-bond acceptors (Lipinski definition) is 2. The van der Waals surface area contributed by atoms with Crippen molar-refractivity contribution in [2.75, 3.05) is 6.61 Å². The third-order valence-electron chi connectivity index (χ3n) is 3.09. The van der Waals surface area contributed by atoms with Crippen molar-refractivity contribution in [2.45, 2.75) is 64.0 Å². The zero-order valence-electron chi connectivity index (χ0n) is 10.3. The second-order valence-electron chi connectivity index (χ2n) is 4.72. The molecule has 1 atom stereocenters. The number of nitrogens with two attached hydrogens (primary N) is 1. The second kappa shape index (κ2) is 7.49. The van der Waals surface area contributed by atoms with Crippen molar-refractivity contribution < 1.29 is 5.11 Å². The van der Waals surface area contributed by atoms with Crippen LogP contribution in [-0.2, 0) is 0 Å². The van der Waals surface area contributed by atoms with Gasteiger partial charge in [0.25, 0.3) is 0 Å². The summed E-state index contributed by atoms with van der Waals surface area (Å²) in [6.45, 7) is 2.31. The summed E-state index contributed by atoms with van der Waals surface area (Å²) in [5.74, 6) is 0.567. The Morgan fingerprint density at radius 3 is 2.75 bits per heavy atom. The molecule has 1 aliphatic carbocycles. The van der Waals surface area contributed by atoms with Gasteiger partial charge in [-0.05, 0) is 32.6 Å². The van der Waals surface area contributed by atoms with Crippen molar-refractivity contribution in [2.24, 2.45) is 10.7 Å². The van der Waals surface area contributed by atoms with Gasteiger partial charge >= 0.3 is 0 Å². The monoisotopic (exact) mass is 227 g/mol. The maximum absolute atomic E-state index is 8.72. The van der Waals surface area contributed by atoms with Crippen LogP contribution in [-0.4, -0.2) is 29.8 Å². The van der Waals surface area contributed by atoms with Gasteiger partial charge in [-0.2, -0.15) is 0 Å². The quantitative estimate of drug-likeness (QED) is 0.491. The summed E-state index contributed by atoms with van der Waals surface area (Å²) in [4.78, 5) is 4.50. The van der Waals surface area contributed by atoms with Crippen LogP contribution in [0.2, 0.25) is 0 Å². The van der Waals surface area contributed by atoms with Crippen LogP contribution in [0.3, 0.4) is 0 Å². The maximum Gasteiger partial charge on any atom is 0.189 e. The van der Waals surface area contributed by atoms with E-state index in [2.05, 4.69) is 17.2 Å².